The predicted octanol–water partition coefficient (Wildman–Crippen LogP) is 2.88. The zero-order valence-corrected chi connectivity index (χ0v) is 11.9. The van der Waals surface area contributed by atoms with E-state index in [2.05, 4.69) is 23.5 Å². The second-order valence-corrected chi connectivity index (χ2v) is 5.83. The standard InChI is InChI=1S/C14H21FN2S/c1-17(7-8-18-2)14-6-3-12(15)9-11(14)10-16-13-4-5-13/h3,6,9,13,16H,4-5,7-8,10H2,1-2H3. The summed E-state index contributed by atoms with van der Waals surface area (Å²) >= 11 is 1.83. The van der Waals surface area contributed by atoms with Crippen LogP contribution in [0.2, 0.25) is 0 Å². The Kier molecular flexibility index (Phi) is 4.89. The lowest BCUT2D eigenvalue weighted by molar-refractivity contribution is 0.619. The maximum Gasteiger partial charge on any atom is 0.123 e. The van der Waals surface area contributed by atoms with Crippen molar-refractivity contribution in [2.24, 2.45) is 0 Å². The fourth-order valence-corrected chi connectivity index (χ4v) is 2.41. The van der Waals surface area contributed by atoms with Crippen molar-refractivity contribution in [1.82, 2.24) is 5.32 Å². The topological polar surface area (TPSA) is 15.3 Å². The minimum absolute atomic E-state index is 0.149. The zero-order valence-electron chi connectivity index (χ0n) is 11.1. The van der Waals surface area contributed by atoms with Crippen LogP contribution in [-0.2, 0) is 6.54 Å². The van der Waals surface area contributed by atoms with Crippen LogP contribution in [0.25, 0.3) is 0 Å². The molecule has 4 heteroatoms. The third-order valence-electron chi connectivity index (χ3n) is 3.24. The number of hydrogen-bond donors (Lipinski definition) is 1. The van der Waals surface area contributed by atoms with E-state index < -0.39 is 0 Å². The van der Waals surface area contributed by atoms with Gasteiger partial charge in [0.1, 0.15) is 5.82 Å². The lowest BCUT2D eigenvalue weighted by atomic mass is 10.1. The van der Waals surface area contributed by atoms with E-state index in [1.807, 2.05) is 17.8 Å². The van der Waals surface area contributed by atoms with Crippen molar-refractivity contribution in [3.8, 4) is 0 Å². The van der Waals surface area contributed by atoms with Crippen LogP contribution in [-0.4, -0.2) is 31.6 Å². The van der Waals surface area contributed by atoms with Crippen molar-refractivity contribution in [1.29, 1.82) is 0 Å². The van der Waals surface area contributed by atoms with Gasteiger partial charge in [0.2, 0.25) is 0 Å². The van der Waals surface area contributed by atoms with Crippen LogP contribution < -0.4 is 10.2 Å². The maximum atomic E-state index is 13.4. The molecule has 1 aliphatic rings. The van der Waals surface area contributed by atoms with Gasteiger partial charge in [0.05, 0.1) is 0 Å². The third kappa shape index (κ3) is 3.89. The Bertz CT molecular complexity index is 393. The van der Waals surface area contributed by atoms with Gasteiger partial charge in [-0.25, -0.2) is 4.39 Å². The second-order valence-electron chi connectivity index (χ2n) is 4.84. The molecule has 0 atom stereocenters. The van der Waals surface area contributed by atoms with Crippen molar-refractivity contribution in [2.45, 2.75) is 25.4 Å². The largest absolute Gasteiger partial charge is 0.374 e. The van der Waals surface area contributed by atoms with E-state index in [-0.39, 0.29) is 5.82 Å². The summed E-state index contributed by atoms with van der Waals surface area (Å²) in [5, 5.41) is 3.45. The van der Waals surface area contributed by atoms with Crippen LogP contribution in [0, 0.1) is 5.82 Å². The zero-order chi connectivity index (χ0) is 13.0. The van der Waals surface area contributed by atoms with Crippen LogP contribution in [0.1, 0.15) is 18.4 Å². The average molecular weight is 268 g/mol. The molecule has 0 heterocycles. The highest BCUT2D eigenvalue weighted by molar-refractivity contribution is 7.98. The summed E-state index contributed by atoms with van der Waals surface area (Å²) in [7, 11) is 2.07. The minimum Gasteiger partial charge on any atom is -0.374 e. The molecule has 0 radical (unpaired) electrons. The highest BCUT2D eigenvalue weighted by Gasteiger charge is 2.20. The van der Waals surface area contributed by atoms with E-state index in [1.165, 1.54) is 12.8 Å². The molecular weight excluding hydrogens is 247 g/mol. The molecule has 0 amide bonds. The van der Waals surface area contributed by atoms with Gasteiger partial charge in [-0.2, -0.15) is 11.8 Å². The third-order valence-corrected chi connectivity index (χ3v) is 3.83. The normalized spacial score (nSPS) is 14.8. The van der Waals surface area contributed by atoms with Gasteiger partial charge in [-0.3, -0.25) is 0 Å². The number of hydrogen-bond acceptors (Lipinski definition) is 3. The summed E-state index contributed by atoms with van der Waals surface area (Å²) in [6.45, 7) is 1.75. The number of benzene rings is 1. The van der Waals surface area contributed by atoms with Gasteiger partial charge in [0, 0.05) is 37.6 Å². The first-order chi connectivity index (χ1) is 8.70. The molecule has 0 aliphatic heterocycles. The van der Waals surface area contributed by atoms with Gasteiger partial charge in [-0.15, -0.1) is 0 Å². The van der Waals surface area contributed by atoms with E-state index in [0.29, 0.717) is 6.04 Å². The van der Waals surface area contributed by atoms with E-state index in [9.17, 15) is 4.39 Å². The van der Waals surface area contributed by atoms with Crippen LogP contribution in [0.3, 0.4) is 0 Å². The number of anilines is 1. The summed E-state index contributed by atoms with van der Waals surface area (Å²) in [5.41, 5.74) is 2.20. The van der Waals surface area contributed by atoms with E-state index >= 15 is 0 Å². The molecule has 1 saturated carbocycles. The summed E-state index contributed by atoms with van der Waals surface area (Å²) in [4.78, 5) is 2.21. The van der Waals surface area contributed by atoms with Crippen molar-refractivity contribution < 1.29 is 4.39 Å². The Balaban J connectivity index is 2.05. The lowest BCUT2D eigenvalue weighted by Crippen LogP contribution is -2.24. The Labute approximate surface area is 113 Å². The molecular formula is C14H21FN2S. The van der Waals surface area contributed by atoms with Gasteiger partial charge in [-0.1, -0.05) is 0 Å². The molecule has 1 aliphatic carbocycles. The first kappa shape index (κ1) is 13.7. The molecule has 1 N–H and O–H groups in total. The Morgan fingerprint density at radius 3 is 2.89 bits per heavy atom. The predicted molar refractivity (Wildman–Crippen MR) is 77.9 cm³/mol. The number of nitrogens with zero attached hydrogens (tertiary/aromatic N) is 1. The van der Waals surface area contributed by atoms with Gasteiger partial charge in [-0.05, 0) is 42.9 Å². The molecule has 2 rings (SSSR count). The monoisotopic (exact) mass is 268 g/mol. The number of nitrogens with one attached hydrogen (secondary N) is 1. The Hall–Kier alpha value is -0.740. The molecule has 2 nitrogen and oxygen atoms in total. The van der Waals surface area contributed by atoms with Gasteiger partial charge < -0.3 is 10.2 Å². The fourth-order valence-electron chi connectivity index (χ4n) is 1.96. The molecule has 0 saturated heterocycles. The van der Waals surface area contributed by atoms with Crippen LogP contribution in [0.5, 0.6) is 0 Å². The van der Waals surface area contributed by atoms with Gasteiger partial charge >= 0.3 is 0 Å². The smallest absolute Gasteiger partial charge is 0.123 e. The number of rotatable bonds is 7. The summed E-state index contributed by atoms with van der Waals surface area (Å²) in [5.74, 6) is 0.938. The molecule has 18 heavy (non-hydrogen) atoms. The second kappa shape index (κ2) is 6.43. The van der Waals surface area contributed by atoms with Crippen molar-refractivity contribution in [3.05, 3.63) is 29.6 Å². The van der Waals surface area contributed by atoms with E-state index in [4.69, 9.17) is 0 Å². The van der Waals surface area contributed by atoms with E-state index in [1.54, 1.807) is 12.1 Å². The van der Waals surface area contributed by atoms with Crippen LogP contribution in [0.4, 0.5) is 10.1 Å². The summed E-state index contributed by atoms with van der Waals surface area (Å²) in [6, 6.07) is 5.74. The number of thioether (sulfide) groups is 1. The molecule has 0 unspecified atom stereocenters. The number of halogens is 1. The van der Waals surface area contributed by atoms with Gasteiger partial charge in [0.15, 0.2) is 0 Å². The highest BCUT2D eigenvalue weighted by Crippen LogP contribution is 2.24. The van der Waals surface area contributed by atoms with Crippen LogP contribution in [0.15, 0.2) is 18.2 Å². The molecule has 0 spiro atoms. The van der Waals surface area contributed by atoms with Crippen molar-refractivity contribution >= 4 is 17.4 Å². The summed E-state index contributed by atoms with van der Waals surface area (Å²) in [6.07, 6.45) is 4.62. The van der Waals surface area contributed by atoms with Gasteiger partial charge in [0.25, 0.3) is 0 Å². The molecule has 0 aromatic heterocycles. The quantitative estimate of drug-likeness (QED) is 0.818. The lowest BCUT2D eigenvalue weighted by Gasteiger charge is -2.22. The molecule has 0 bridgehead atoms. The first-order valence-electron chi connectivity index (χ1n) is 6.42. The fraction of sp³-hybridized carbons (Fsp3) is 0.571. The van der Waals surface area contributed by atoms with Crippen molar-refractivity contribution in [3.63, 3.8) is 0 Å². The van der Waals surface area contributed by atoms with Crippen LogP contribution >= 0.6 is 11.8 Å². The maximum absolute atomic E-state index is 13.4. The molecule has 1 aromatic rings. The Morgan fingerprint density at radius 1 is 1.44 bits per heavy atom. The minimum atomic E-state index is -0.149. The van der Waals surface area contributed by atoms with Crippen molar-refractivity contribution in [2.75, 3.05) is 30.5 Å². The Morgan fingerprint density at radius 2 is 2.22 bits per heavy atom. The summed E-state index contributed by atoms with van der Waals surface area (Å²) < 4.78 is 13.4. The average Bonchev–Trinajstić information content (AvgIpc) is 3.17. The SMILES string of the molecule is CSCCN(C)c1ccc(F)cc1CNC1CC1. The molecule has 1 fully saturated rings. The first-order valence-corrected chi connectivity index (χ1v) is 7.82. The highest BCUT2D eigenvalue weighted by atomic mass is 32.2. The molecule has 1 aromatic carbocycles. The molecule has 100 valence electrons. The van der Waals surface area contributed by atoms with E-state index in [0.717, 1.165) is 30.1 Å².